The van der Waals surface area contributed by atoms with Crippen LogP contribution in [-0.4, -0.2) is 58.7 Å². The van der Waals surface area contributed by atoms with Gasteiger partial charge in [0.05, 0.1) is 0 Å². The second kappa shape index (κ2) is 3.80. The highest BCUT2D eigenvalue weighted by atomic mass is 16.4. The molecule has 0 spiro atoms. The Labute approximate surface area is 69.7 Å². The van der Waals surface area contributed by atoms with Crippen molar-refractivity contribution in [1.82, 2.24) is 9.80 Å². The van der Waals surface area contributed by atoms with Crippen molar-refractivity contribution < 1.29 is 15.1 Å². The first kappa shape index (κ1) is 8.63. The van der Waals surface area contributed by atoms with Gasteiger partial charge in [0.2, 0.25) is 0 Å². The quantitative estimate of drug-likeness (QED) is 0.247. The third-order valence-corrected chi connectivity index (χ3v) is 1.80. The van der Waals surface area contributed by atoms with Gasteiger partial charge in [0, 0.05) is 26.2 Å². The molecule has 0 aromatic heterocycles. The van der Waals surface area contributed by atoms with Crippen molar-refractivity contribution in [2.24, 2.45) is 5.16 Å². The fourth-order valence-electron chi connectivity index (χ4n) is 1.10. The van der Waals surface area contributed by atoms with Crippen LogP contribution in [0.1, 0.15) is 0 Å². The predicted molar refractivity (Wildman–Crippen MR) is 41.4 cm³/mol. The van der Waals surface area contributed by atoms with E-state index in [9.17, 15) is 4.79 Å². The normalized spacial score (nSPS) is 18.7. The van der Waals surface area contributed by atoms with Crippen LogP contribution in [0.3, 0.4) is 0 Å². The van der Waals surface area contributed by atoms with Crippen molar-refractivity contribution in [1.29, 1.82) is 0 Å². The minimum atomic E-state index is -0.893. The Morgan fingerprint density at radius 3 is 2.33 bits per heavy atom. The van der Waals surface area contributed by atoms with E-state index in [4.69, 9.17) is 10.3 Å². The summed E-state index contributed by atoms with van der Waals surface area (Å²) in [6, 6.07) is 0. The molecule has 1 saturated heterocycles. The van der Waals surface area contributed by atoms with Crippen molar-refractivity contribution >= 4 is 12.4 Å². The van der Waals surface area contributed by atoms with E-state index >= 15 is 0 Å². The summed E-state index contributed by atoms with van der Waals surface area (Å²) >= 11 is 0. The number of hydrogen-bond donors (Lipinski definition) is 2. The number of piperazine rings is 1. The van der Waals surface area contributed by atoms with Crippen molar-refractivity contribution in [3.8, 4) is 0 Å². The minimum absolute atomic E-state index is 0.460. The standard InChI is InChI=1S/C6H11N3O3/c10-6(11)9-3-1-8(2-4-9)5-7-12/h5,12H,1-4H2,(H,10,11). The SMILES string of the molecule is O=C(O)N1CCN(C=NO)CC1. The molecule has 0 aliphatic carbocycles. The zero-order valence-corrected chi connectivity index (χ0v) is 6.55. The Kier molecular flexibility index (Phi) is 2.73. The van der Waals surface area contributed by atoms with Gasteiger partial charge in [-0.15, -0.1) is 0 Å². The summed E-state index contributed by atoms with van der Waals surface area (Å²) in [4.78, 5) is 13.5. The van der Waals surface area contributed by atoms with Crippen molar-refractivity contribution in [2.75, 3.05) is 26.2 Å². The minimum Gasteiger partial charge on any atom is -0.465 e. The van der Waals surface area contributed by atoms with Crippen LogP contribution in [0.4, 0.5) is 4.79 Å². The summed E-state index contributed by atoms with van der Waals surface area (Å²) in [6.07, 6.45) is 0.412. The highest BCUT2D eigenvalue weighted by Crippen LogP contribution is 1.99. The van der Waals surface area contributed by atoms with Gasteiger partial charge in [0.15, 0.2) is 0 Å². The van der Waals surface area contributed by atoms with E-state index in [0.29, 0.717) is 26.2 Å². The molecule has 0 saturated carbocycles. The maximum absolute atomic E-state index is 10.4. The molecule has 6 nitrogen and oxygen atoms in total. The van der Waals surface area contributed by atoms with E-state index in [1.165, 1.54) is 11.2 Å². The summed E-state index contributed by atoms with van der Waals surface area (Å²) in [5.74, 6) is 0. The fourth-order valence-corrected chi connectivity index (χ4v) is 1.10. The van der Waals surface area contributed by atoms with Crippen LogP contribution in [0.25, 0.3) is 0 Å². The van der Waals surface area contributed by atoms with Crippen molar-refractivity contribution in [3.05, 3.63) is 0 Å². The number of rotatable bonds is 1. The van der Waals surface area contributed by atoms with Crippen LogP contribution < -0.4 is 0 Å². The summed E-state index contributed by atoms with van der Waals surface area (Å²) in [6.45, 7) is 2.08. The number of hydrogen-bond acceptors (Lipinski definition) is 3. The van der Waals surface area contributed by atoms with E-state index in [1.807, 2.05) is 0 Å². The molecule has 68 valence electrons. The lowest BCUT2D eigenvalue weighted by atomic mass is 10.3. The molecular weight excluding hydrogens is 162 g/mol. The Morgan fingerprint density at radius 1 is 1.33 bits per heavy atom. The molecular formula is C6H11N3O3. The topological polar surface area (TPSA) is 76.4 Å². The van der Waals surface area contributed by atoms with Crippen LogP contribution in [0.2, 0.25) is 0 Å². The van der Waals surface area contributed by atoms with Gasteiger partial charge in [0.1, 0.15) is 6.34 Å². The number of carbonyl (C=O) groups is 1. The molecule has 1 rings (SSSR count). The fraction of sp³-hybridized carbons (Fsp3) is 0.667. The smallest absolute Gasteiger partial charge is 0.407 e. The molecule has 0 atom stereocenters. The van der Waals surface area contributed by atoms with Crippen LogP contribution in [-0.2, 0) is 0 Å². The molecule has 0 aromatic carbocycles. The summed E-state index contributed by atoms with van der Waals surface area (Å²) in [7, 11) is 0. The van der Waals surface area contributed by atoms with Gasteiger partial charge in [-0.1, -0.05) is 5.16 Å². The average Bonchev–Trinajstić information content (AvgIpc) is 2.06. The number of carboxylic acid groups (broad SMARTS) is 1. The number of amides is 1. The molecule has 1 fully saturated rings. The number of oxime groups is 1. The van der Waals surface area contributed by atoms with Crippen LogP contribution in [0, 0.1) is 0 Å². The van der Waals surface area contributed by atoms with Gasteiger partial charge in [-0.2, -0.15) is 0 Å². The lowest BCUT2D eigenvalue weighted by molar-refractivity contribution is 0.124. The Morgan fingerprint density at radius 2 is 1.92 bits per heavy atom. The first-order valence-corrected chi connectivity index (χ1v) is 3.63. The largest absolute Gasteiger partial charge is 0.465 e. The van der Waals surface area contributed by atoms with Gasteiger partial charge in [0.25, 0.3) is 0 Å². The van der Waals surface area contributed by atoms with Gasteiger partial charge in [-0.3, -0.25) is 0 Å². The van der Waals surface area contributed by atoms with E-state index < -0.39 is 6.09 Å². The Balaban J connectivity index is 2.34. The molecule has 1 aliphatic heterocycles. The molecule has 0 aromatic rings. The molecule has 0 bridgehead atoms. The maximum atomic E-state index is 10.4. The van der Waals surface area contributed by atoms with Crippen molar-refractivity contribution in [3.63, 3.8) is 0 Å². The summed E-state index contributed by atoms with van der Waals surface area (Å²) < 4.78 is 0. The van der Waals surface area contributed by atoms with Crippen LogP contribution >= 0.6 is 0 Å². The summed E-state index contributed by atoms with van der Waals surface area (Å²) in [5.41, 5.74) is 0. The van der Waals surface area contributed by atoms with Crippen LogP contribution in [0.5, 0.6) is 0 Å². The van der Waals surface area contributed by atoms with Gasteiger partial charge in [-0.25, -0.2) is 4.79 Å². The lowest BCUT2D eigenvalue weighted by Crippen LogP contribution is -2.47. The van der Waals surface area contributed by atoms with Crippen LogP contribution in [0.15, 0.2) is 5.16 Å². The van der Waals surface area contributed by atoms with Crippen molar-refractivity contribution in [2.45, 2.75) is 0 Å². The highest BCUT2D eigenvalue weighted by Gasteiger charge is 2.18. The molecule has 2 N–H and O–H groups in total. The number of nitrogens with zero attached hydrogens (tertiary/aromatic N) is 3. The van der Waals surface area contributed by atoms with E-state index in [1.54, 1.807) is 4.90 Å². The molecule has 12 heavy (non-hydrogen) atoms. The first-order chi connectivity index (χ1) is 5.74. The van der Waals surface area contributed by atoms with Gasteiger partial charge < -0.3 is 20.1 Å². The van der Waals surface area contributed by atoms with Gasteiger partial charge >= 0.3 is 6.09 Å². The molecule has 1 aliphatic rings. The maximum Gasteiger partial charge on any atom is 0.407 e. The highest BCUT2D eigenvalue weighted by molar-refractivity contribution is 5.65. The summed E-state index contributed by atoms with van der Waals surface area (Å²) in [5, 5.41) is 19.6. The Hall–Kier alpha value is -1.46. The second-order valence-corrected chi connectivity index (χ2v) is 2.54. The Bertz CT molecular complexity index is 186. The predicted octanol–water partition coefficient (Wildman–Crippen LogP) is -0.300. The van der Waals surface area contributed by atoms with E-state index in [0.717, 1.165) is 0 Å². The molecule has 0 radical (unpaired) electrons. The molecule has 1 heterocycles. The van der Waals surface area contributed by atoms with Gasteiger partial charge in [-0.05, 0) is 0 Å². The lowest BCUT2D eigenvalue weighted by Gasteiger charge is -2.31. The third-order valence-electron chi connectivity index (χ3n) is 1.80. The average molecular weight is 173 g/mol. The van der Waals surface area contributed by atoms with E-state index in [-0.39, 0.29) is 0 Å². The van der Waals surface area contributed by atoms with E-state index in [2.05, 4.69) is 5.16 Å². The molecule has 1 amide bonds. The second-order valence-electron chi connectivity index (χ2n) is 2.54. The monoisotopic (exact) mass is 173 g/mol. The molecule has 6 heteroatoms. The molecule has 0 unspecified atom stereocenters. The first-order valence-electron chi connectivity index (χ1n) is 3.63. The third kappa shape index (κ3) is 2.01. The zero-order chi connectivity index (χ0) is 8.97. The zero-order valence-electron chi connectivity index (χ0n) is 6.55.